The van der Waals surface area contributed by atoms with E-state index in [1.54, 1.807) is 11.3 Å². The lowest BCUT2D eigenvalue weighted by Gasteiger charge is -2.02. The summed E-state index contributed by atoms with van der Waals surface area (Å²) in [5, 5.41) is 9.25. The first-order chi connectivity index (χ1) is 8.65. The monoisotopic (exact) mass is 263 g/mol. The summed E-state index contributed by atoms with van der Waals surface area (Å²) in [5.41, 5.74) is 2.15. The molecule has 0 atom stereocenters. The first-order valence-electron chi connectivity index (χ1n) is 5.94. The van der Waals surface area contributed by atoms with E-state index in [9.17, 15) is 4.79 Å². The van der Waals surface area contributed by atoms with Gasteiger partial charge in [-0.2, -0.15) is 5.10 Å². The van der Waals surface area contributed by atoms with Crippen LogP contribution in [0.3, 0.4) is 0 Å². The van der Waals surface area contributed by atoms with E-state index in [2.05, 4.69) is 10.4 Å². The third-order valence-corrected chi connectivity index (χ3v) is 3.66. The van der Waals surface area contributed by atoms with E-state index in [1.807, 2.05) is 42.2 Å². The number of thiophene rings is 1. The average Bonchev–Trinajstić information content (AvgIpc) is 2.90. The maximum Gasteiger partial charge on any atom is 0.225 e. The molecule has 1 amide bonds. The molecule has 2 aromatic rings. The minimum Gasteiger partial charge on any atom is -0.355 e. The average molecular weight is 263 g/mol. The summed E-state index contributed by atoms with van der Waals surface area (Å²) in [6.07, 6.45) is 1.25. The molecule has 0 aromatic carbocycles. The standard InChI is InChI=1S/C13H17N3OS/c1-10-8-11(15-16(10)2)5-6-14-13(17)9-12-4-3-7-18-12/h3-4,7-8H,5-6,9H2,1-2H3,(H,14,17). The molecule has 0 fully saturated rings. The molecule has 0 aliphatic carbocycles. The Labute approximate surface area is 111 Å². The van der Waals surface area contributed by atoms with Crippen LogP contribution < -0.4 is 5.32 Å². The number of rotatable bonds is 5. The lowest BCUT2D eigenvalue weighted by atomic mass is 10.3. The molecule has 2 heterocycles. The van der Waals surface area contributed by atoms with Gasteiger partial charge in [0, 0.05) is 30.6 Å². The Kier molecular flexibility index (Phi) is 4.15. The molecular weight excluding hydrogens is 246 g/mol. The molecule has 0 unspecified atom stereocenters. The van der Waals surface area contributed by atoms with Crippen LogP contribution in [0.4, 0.5) is 0 Å². The largest absolute Gasteiger partial charge is 0.355 e. The second kappa shape index (κ2) is 5.82. The van der Waals surface area contributed by atoms with Crippen molar-refractivity contribution >= 4 is 17.2 Å². The van der Waals surface area contributed by atoms with Crippen LogP contribution in [0.2, 0.25) is 0 Å². The van der Waals surface area contributed by atoms with Crippen molar-refractivity contribution in [3.63, 3.8) is 0 Å². The Morgan fingerprint density at radius 3 is 3.00 bits per heavy atom. The van der Waals surface area contributed by atoms with Crippen LogP contribution >= 0.6 is 11.3 Å². The molecular formula is C13H17N3OS. The Morgan fingerprint density at radius 1 is 1.56 bits per heavy atom. The minimum atomic E-state index is 0.0742. The molecule has 5 heteroatoms. The fraction of sp³-hybridized carbons (Fsp3) is 0.385. The Bertz CT molecular complexity index is 497. The number of carbonyl (C=O) groups is 1. The van der Waals surface area contributed by atoms with Crippen molar-refractivity contribution in [2.75, 3.05) is 6.54 Å². The van der Waals surface area contributed by atoms with Gasteiger partial charge in [0.1, 0.15) is 0 Å². The van der Waals surface area contributed by atoms with Crippen molar-refractivity contribution < 1.29 is 4.79 Å². The van der Waals surface area contributed by atoms with Gasteiger partial charge in [-0.3, -0.25) is 9.48 Å². The van der Waals surface area contributed by atoms with Crippen molar-refractivity contribution in [1.29, 1.82) is 0 Å². The summed E-state index contributed by atoms with van der Waals surface area (Å²) >= 11 is 1.61. The van der Waals surface area contributed by atoms with Gasteiger partial charge in [-0.25, -0.2) is 0 Å². The van der Waals surface area contributed by atoms with Crippen molar-refractivity contribution in [3.8, 4) is 0 Å². The molecule has 0 spiro atoms. The van der Waals surface area contributed by atoms with Gasteiger partial charge in [-0.15, -0.1) is 11.3 Å². The molecule has 0 radical (unpaired) electrons. The molecule has 0 bridgehead atoms. The van der Waals surface area contributed by atoms with Crippen LogP contribution in [0.15, 0.2) is 23.6 Å². The summed E-state index contributed by atoms with van der Waals surface area (Å²) < 4.78 is 1.85. The summed E-state index contributed by atoms with van der Waals surface area (Å²) in [5.74, 6) is 0.0742. The van der Waals surface area contributed by atoms with E-state index in [0.717, 1.165) is 22.7 Å². The molecule has 0 saturated heterocycles. The minimum absolute atomic E-state index is 0.0742. The van der Waals surface area contributed by atoms with Gasteiger partial charge in [-0.1, -0.05) is 6.07 Å². The van der Waals surface area contributed by atoms with Gasteiger partial charge in [-0.05, 0) is 24.4 Å². The Hall–Kier alpha value is -1.62. The predicted molar refractivity (Wildman–Crippen MR) is 72.7 cm³/mol. The van der Waals surface area contributed by atoms with Gasteiger partial charge in [0.25, 0.3) is 0 Å². The lowest BCUT2D eigenvalue weighted by Crippen LogP contribution is -2.27. The molecule has 1 N–H and O–H groups in total. The van der Waals surface area contributed by atoms with Crippen LogP contribution in [0.1, 0.15) is 16.3 Å². The van der Waals surface area contributed by atoms with Gasteiger partial charge in [0.05, 0.1) is 12.1 Å². The van der Waals surface area contributed by atoms with Crippen LogP contribution in [-0.2, 0) is 24.7 Å². The highest BCUT2D eigenvalue weighted by molar-refractivity contribution is 7.10. The Morgan fingerprint density at radius 2 is 2.39 bits per heavy atom. The number of amides is 1. The summed E-state index contributed by atoms with van der Waals surface area (Å²) in [6, 6.07) is 5.99. The molecule has 2 aromatic heterocycles. The second-order valence-electron chi connectivity index (χ2n) is 4.26. The zero-order valence-corrected chi connectivity index (χ0v) is 11.5. The number of aryl methyl sites for hydroxylation is 2. The van der Waals surface area contributed by atoms with Crippen molar-refractivity contribution in [3.05, 3.63) is 39.8 Å². The van der Waals surface area contributed by atoms with E-state index in [0.29, 0.717) is 13.0 Å². The number of hydrogen-bond donors (Lipinski definition) is 1. The van der Waals surface area contributed by atoms with Crippen LogP contribution in [-0.4, -0.2) is 22.2 Å². The SMILES string of the molecule is Cc1cc(CCNC(=O)Cc2cccs2)nn1C. The van der Waals surface area contributed by atoms with Crippen LogP contribution in [0.5, 0.6) is 0 Å². The highest BCUT2D eigenvalue weighted by Gasteiger charge is 2.05. The maximum absolute atomic E-state index is 11.6. The fourth-order valence-electron chi connectivity index (χ4n) is 1.72. The van der Waals surface area contributed by atoms with Gasteiger partial charge >= 0.3 is 0 Å². The quantitative estimate of drug-likeness (QED) is 0.892. The molecule has 2 rings (SSSR count). The van der Waals surface area contributed by atoms with E-state index in [-0.39, 0.29) is 5.91 Å². The first-order valence-corrected chi connectivity index (χ1v) is 6.81. The van der Waals surface area contributed by atoms with Crippen LogP contribution in [0.25, 0.3) is 0 Å². The van der Waals surface area contributed by atoms with Gasteiger partial charge < -0.3 is 5.32 Å². The van der Waals surface area contributed by atoms with E-state index in [1.165, 1.54) is 0 Å². The smallest absolute Gasteiger partial charge is 0.225 e. The molecule has 4 nitrogen and oxygen atoms in total. The topological polar surface area (TPSA) is 46.9 Å². The second-order valence-corrected chi connectivity index (χ2v) is 5.29. The number of nitrogens with one attached hydrogen (secondary N) is 1. The first kappa shape index (κ1) is 12.8. The molecule has 0 saturated carbocycles. The molecule has 18 heavy (non-hydrogen) atoms. The van der Waals surface area contributed by atoms with Gasteiger partial charge in [0.2, 0.25) is 5.91 Å². The molecule has 0 aliphatic heterocycles. The van der Waals surface area contributed by atoms with Gasteiger partial charge in [0.15, 0.2) is 0 Å². The third-order valence-electron chi connectivity index (χ3n) is 2.78. The maximum atomic E-state index is 11.6. The van der Waals surface area contributed by atoms with E-state index < -0.39 is 0 Å². The summed E-state index contributed by atoms with van der Waals surface area (Å²) in [6.45, 7) is 2.66. The molecule has 0 aliphatic rings. The summed E-state index contributed by atoms with van der Waals surface area (Å²) in [4.78, 5) is 12.7. The number of hydrogen-bond acceptors (Lipinski definition) is 3. The number of aromatic nitrogens is 2. The molecule has 96 valence electrons. The third kappa shape index (κ3) is 3.43. The number of carbonyl (C=O) groups excluding carboxylic acids is 1. The van der Waals surface area contributed by atoms with Crippen molar-refractivity contribution in [2.45, 2.75) is 19.8 Å². The summed E-state index contributed by atoms with van der Waals surface area (Å²) in [7, 11) is 1.92. The zero-order valence-electron chi connectivity index (χ0n) is 10.6. The zero-order chi connectivity index (χ0) is 13.0. The predicted octanol–water partition coefficient (Wildman–Crippen LogP) is 1.69. The van der Waals surface area contributed by atoms with E-state index in [4.69, 9.17) is 0 Å². The van der Waals surface area contributed by atoms with Crippen LogP contribution in [0, 0.1) is 6.92 Å². The van der Waals surface area contributed by atoms with Crippen molar-refractivity contribution in [1.82, 2.24) is 15.1 Å². The Balaban J connectivity index is 1.73. The highest BCUT2D eigenvalue weighted by atomic mass is 32.1. The lowest BCUT2D eigenvalue weighted by molar-refractivity contribution is -0.120. The number of nitrogens with zero attached hydrogens (tertiary/aromatic N) is 2. The normalized spacial score (nSPS) is 10.6. The van der Waals surface area contributed by atoms with E-state index >= 15 is 0 Å². The highest BCUT2D eigenvalue weighted by Crippen LogP contribution is 2.08. The fourth-order valence-corrected chi connectivity index (χ4v) is 2.42. The van der Waals surface area contributed by atoms with Crippen molar-refractivity contribution in [2.24, 2.45) is 7.05 Å².